The largest absolute Gasteiger partial charge is 0.457 e. The number of nitrogens with zero attached hydrogens (tertiary/aromatic N) is 1. The number of esters is 1. The SMILES string of the molecule is CS[C@H](C)CCC(=O)OCC(=O)c1cc(C)n(CC(F)(F)F)c1C. The molecular weight excluding hydrogens is 343 g/mol. The Morgan fingerprint density at radius 1 is 1.33 bits per heavy atom. The molecule has 0 radical (unpaired) electrons. The second-order valence-electron chi connectivity index (χ2n) is 5.65. The van der Waals surface area contributed by atoms with E-state index >= 15 is 0 Å². The fraction of sp³-hybridized carbons (Fsp3) is 0.625. The lowest BCUT2D eigenvalue weighted by Crippen LogP contribution is -2.20. The van der Waals surface area contributed by atoms with Crippen LogP contribution in [0.25, 0.3) is 0 Å². The van der Waals surface area contributed by atoms with Crippen LogP contribution < -0.4 is 0 Å². The monoisotopic (exact) mass is 365 g/mol. The molecule has 0 aliphatic rings. The first-order valence-electron chi connectivity index (χ1n) is 7.50. The average Bonchev–Trinajstić information content (AvgIpc) is 2.76. The summed E-state index contributed by atoms with van der Waals surface area (Å²) in [6.45, 7) is 3.34. The molecule has 0 N–H and O–H groups in total. The van der Waals surface area contributed by atoms with Crippen molar-refractivity contribution >= 4 is 23.5 Å². The summed E-state index contributed by atoms with van der Waals surface area (Å²) in [6.07, 6.45) is -1.57. The molecule has 0 fully saturated rings. The first-order chi connectivity index (χ1) is 11.0. The highest BCUT2D eigenvalue weighted by Gasteiger charge is 2.30. The van der Waals surface area contributed by atoms with Gasteiger partial charge in [0.1, 0.15) is 6.54 Å². The normalized spacial score (nSPS) is 13.0. The van der Waals surface area contributed by atoms with E-state index in [4.69, 9.17) is 4.74 Å². The number of alkyl halides is 3. The molecule has 1 aromatic rings. The Labute approximate surface area is 143 Å². The Bertz CT molecular complexity index is 596. The summed E-state index contributed by atoms with van der Waals surface area (Å²) < 4.78 is 43.7. The Morgan fingerprint density at radius 3 is 2.50 bits per heavy atom. The van der Waals surface area contributed by atoms with Crippen molar-refractivity contribution in [1.29, 1.82) is 0 Å². The van der Waals surface area contributed by atoms with E-state index < -0.39 is 31.1 Å². The number of aromatic nitrogens is 1. The van der Waals surface area contributed by atoms with Gasteiger partial charge in [0.05, 0.1) is 0 Å². The molecule has 0 aliphatic heterocycles. The lowest BCUT2D eigenvalue weighted by atomic mass is 10.1. The smallest absolute Gasteiger partial charge is 0.406 e. The maximum Gasteiger partial charge on any atom is 0.406 e. The molecule has 0 aromatic carbocycles. The number of hydrogen-bond acceptors (Lipinski definition) is 4. The van der Waals surface area contributed by atoms with Gasteiger partial charge in [-0.15, -0.1) is 0 Å². The predicted octanol–water partition coefficient (Wildman–Crippen LogP) is 3.92. The Balaban J connectivity index is 2.66. The quantitative estimate of drug-likeness (QED) is 0.517. The second kappa shape index (κ2) is 8.60. The molecule has 0 unspecified atom stereocenters. The van der Waals surface area contributed by atoms with Gasteiger partial charge < -0.3 is 9.30 Å². The van der Waals surface area contributed by atoms with Gasteiger partial charge in [-0.05, 0) is 32.6 Å². The number of ketones is 1. The van der Waals surface area contributed by atoms with E-state index in [1.807, 2.05) is 13.2 Å². The molecule has 24 heavy (non-hydrogen) atoms. The van der Waals surface area contributed by atoms with Gasteiger partial charge in [0.2, 0.25) is 5.78 Å². The summed E-state index contributed by atoms with van der Waals surface area (Å²) >= 11 is 1.63. The highest BCUT2D eigenvalue weighted by molar-refractivity contribution is 7.99. The summed E-state index contributed by atoms with van der Waals surface area (Å²) in [5.74, 6) is -0.976. The zero-order chi connectivity index (χ0) is 18.5. The molecule has 0 amide bonds. The number of thioether (sulfide) groups is 1. The minimum atomic E-state index is -4.37. The minimum Gasteiger partial charge on any atom is -0.457 e. The lowest BCUT2D eigenvalue weighted by molar-refractivity contribution is -0.142. The standard InChI is InChI=1S/C16H22F3NO3S/c1-10-7-13(12(3)20(10)9-16(17,18)19)14(21)8-23-15(22)6-5-11(2)24-4/h7,11H,5-6,8-9H2,1-4H3/t11-/m1/s1. The number of ether oxygens (including phenoxy) is 1. The summed E-state index contributed by atoms with van der Waals surface area (Å²) in [4.78, 5) is 23.7. The van der Waals surface area contributed by atoms with Crippen LogP contribution in [0.5, 0.6) is 0 Å². The second-order valence-corrected chi connectivity index (χ2v) is 6.93. The number of Topliss-reactive ketones (excluding diaryl/α,β-unsaturated/α-hetero) is 1. The van der Waals surface area contributed by atoms with Crippen molar-refractivity contribution in [2.45, 2.75) is 51.6 Å². The molecule has 1 heterocycles. The van der Waals surface area contributed by atoms with Gasteiger partial charge in [-0.1, -0.05) is 6.92 Å². The van der Waals surface area contributed by atoms with Crippen molar-refractivity contribution in [2.24, 2.45) is 0 Å². The van der Waals surface area contributed by atoms with E-state index in [1.54, 1.807) is 11.8 Å². The first-order valence-corrected chi connectivity index (χ1v) is 8.79. The van der Waals surface area contributed by atoms with Gasteiger partial charge in [0.25, 0.3) is 0 Å². The van der Waals surface area contributed by atoms with Crippen molar-refractivity contribution in [3.63, 3.8) is 0 Å². The van der Waals surface area contributed by atoms with E-state index in [0.717, 1.165) is 4.57 Å². The zero-order valence-corrected chi connectivity index (χ0v) is 15.0. The number of carbonyl (C=O) groups is 2. The molecule has 1 aromatic heterocycles. The van der Waals surface area contributed by atoms with E-state index in [9.17, 15) is 22.8 Å². The third-order valence-electron chi connectivity index (χ3n) is 3.73. The van der Waals surface area contributed by atoms with Gasteiger partial charge in [0.15, 0.2) is 6.61 Å². The van der Waals surface area contributed by atoms with E-state index in [1.165, 1.54) is 19.9 Å². The molecular formula is C16H22F3NO3S. The molecule has 0 spiro atoms. The lowest BCUT2D eigenvalue weighted by Gasteiger charge is -2.12. The fourth-order valence-corrected chi connectivity index (χ4v) is 2.59. The molecule has 0 aliphatic carbocycles. The molecule has 8 heteroatoms. The van der Waals surface area contributed by atoms with Crippen LogP contribution in [0.2, 0.25) is 0 Å². The average molecular weight is 365 g/mol. The van der Waals surface area contributed by atoms with Gasteiger partial charge in [-0.2, -0.15) is 24.9 Å². The highest BCUT2D eigenvalue weighted by Crippen LogP contribution is 2.23. The van der Waals surface area contributed by atoms with Gasteiger partial charge >= 0.3 is 12.1 Å². The Hall–Kier alpha value is -1.44. The highest BCUT2D eigenvalue weighted by atomic mass is 32.2. The van der Waals surface area contributed by atoms with Crippen LogP contribution in [-0.4, -0.2) is 40.6 Å². The van der Waals surface area contributed by atoms with Crippen molar-refractivity contribution in [3.8, 4) is 0 Å². The van der Waals surface area contributed by atoms with Crippen molar-refractivity contribution < 1.29 is 27.5 Å². The number of carbonyl (C=O) groups excluding carboxylic acids is 2. The van der Waals surface area contributed by atoms with Crippen LogP contribution in [0.1, 0.15) is 41.5 Å². The maximum atomic E-state index is 12.6. The van der Waals surface area contributed by atoms with Crippen LogP contribution >= 0.6 is 11.8 Å². The zero-order valence-electron chi connectivity index (χ0n) is 14.2. The Morgan fingerprint density at radius 2 is 1.96 bits per heavy atom. The van der Waals surface area contributed by atoms with Gasteiger partial charge in [-0.25, -0.2) is 0 Å². The van der Waals surface area contributed by atoms with Crippen LogP contribution in [-0.2, 0) is 16.1 Å². The van der Waals surface area contributed by atoms with Crippen molar-refractivity contribution in [3.05, 3.63) is 23.0 Å². The van der Waals surface area contributed by atoms with E-state index in [-0.39, 0.29) is 17.7 Å². The number of halogens is 3. The third kappa shape index (κ3) is 6.22. The molecule has 0 saturated heterocycles. The molecule has 0 bridgehead atoms. The minimum absolute atomic E-state index is 0.155. The molecule has 4 nitrogen and oxygen atoms in total. The number of rotatable bonds is 8. The van der Waals surface area contributed by atoms with Crippen LogP contribution in [0, 0.1) is 13.8 Å². The molecule has 0 saturated carbocycles. The summed E-state index contributed by atoms with van der Waals surface area (Å²) in [5, 5.41) is 0.314. The summed E-state index contributed by atoms with van der Waals surface area (Å²) in [7, 11) is 0. The number of hydrogen-bond donors (Lipinski definition) is 0. The van der Waals surface area contributed by atoms with E-state index in [0.29, 0.717) is 17.4 Å². The molecule has 1 atom stereocenters. The molecule has 136 valence electrons. The van der Waals surface area contributed by atoms with Gasteiger partial charge in [0, 0.05) is 28.6 Å². The molecule has 1 rings (SSSR count). The number of aryl methyl sites for hydroxylation is 1. The van der Waals surface area contributed by atoms with Crippen LogP contribution in [0.15, 0.2) is 6.07 Å². The Kier molecular flexibility index (Phi) is 7.38. The van der Waals surface area contributed by atoms with Crippen LogP contribution in [0.3, 0.4) is 0 Å². The predicted molar refractivity (Wildman–Crippen MR) is 87.5 cm³/mol. The fourth-order valence-electron chi connectivity index (χ4n) is 2.24. The maximum absolute atomic E-state index is 12.6. The topological polar surface area (TPSA) is 48.3 Å². The third-order valence-corrected chi connectivity index (χ3v) is 4.77. The van der Waals surface area contributed by atoms with E-state index in [2.05, 4.69) is 0 Å². The van der Waals surface area contributed by atoms with Crippen molar-refractivity contribution in [1.82, 2.24) is 4.57 Å². The van der Waals surface area contributed by atoms with Gasteiger partial charge in [-0.3, -0.25) is 9.59 Å². The van der Waals surface area contributed by atoms with Crippen LogP contribution in [0.4, 0.5) is 13.2 Å². The summed E-state index contributed by atoms with van der Waals surface area (Å²) in [5.41, 5.74) is 0.720. The first kappa shape index (κ1) is 20.6. The van der Waals surface area contributed by atoms with Crippen molar-refractivity contribution in [2.75, 3.05) is 12.9 Å². The summed E-state index contributed by atoms with van der Waals surface area (Å²) in [6, 6.07) is 1.40.